The number of hydrogen-bond acceptors (Lipinski definition) is 13. The standard InChI is InChI=1S/C49H62N10O13S2/c1-73-18-16-34(55-47(70)37(21-28-12-14-30(60)15-13-28)58-44(67)32(50)23-41(62)63)45(68)53-26-40(61)54-38(22-29-25-52-33-11-7-6-10-31(29)33)48(71)56-35(17-19-74-2)46(69)59-39(24-42(64)65)49(72)57-36(43(51)66)20-27-8-4-3-5-9-27/h3-15,25,32,34-39,52,60H,16-24,26,50H2,1-2H3,(H2,51,66)(H,53,68)(H,54,61)(H,55,70)(H,56,71)(H,57,72)(H,58,67)(H,59,69)(H,62,63)(H,64,65)/p+1/t32-,34-,35-,36-,37-,38-,39-/m0/s1. The SMILES string of the molecule is CSCC[C@H](NC(=O)[C@H](Cc1ccc(O)cc1)NC(=O)[C@@H]([NH3+])CC(=O)O)C(=O)NCC(=O)N[C@@H](Cc1c[nH]c2ccccc12)C(=O)N[C@@H](CCSC)C(=O)N[C@@H](CC(=O)O)C(=O)N[C@@H](Cc1ccccc1)C(N)=O. The van der Waals surface area contributed by atoms with Crippen LogP contribution in [0.3, 0.4) is 0 Å². The van der Waals surface area contributed by atoms with Crippen LogP contribution < -0.4 is 48.7 Å². The van der Waals surface area contributed by atoms with E-state index in [-0.39, 0.29) is 37.9 Å². The van der Waals surface area contributed by atoms with Gasteiger partial charge in [0, 0.05) is 36.4 Å². The van der Waals surface area contributed by atoms with E-state index in [4.69, 9.17) is 5.73 Å². The number of nitrogens with one attached hydrogen (secondary N) is 8. The molecule has 0 bridgehead atoms. The Bertz CT molecular complexity index is 2600. The Morgan fingerprint density at radius 3 is 1.65 bits per heavy atom. The molecule has 1 heterocycles. The van der Waals surface area contributed by atoms with Gasteiger partial charge in [0.25, 0.3) is 5.91 Å². The van der Waals surface area contributed by atoms with Crippen LogP contribution in [0.5, 0.6) is 5.75 Å². The summed E-state index contributed by atoms with van der Waals surface area (Å²) < 4.78 is 0. The number of aromatic amines is 1. The summed E-state index contributed by atoms with van der Waals surface area (Å²) in [5, 5.41) is 47.1. The number of quaternary nitrogens is 1. The molecule has 4 aromatic rings. The van der Waals surface area contributed by atoms with Crippen LogP contribution in [0, 0.1) is 0 Å². The highest BCUT2D eigenvalue weighted by Gasteiger charge is 2.34. The third-order valence-corrected chi connectivity index (χ3v) is 12.7. The van der Waals surface area contributed by atoms with Crippen LogP contribution >= 0.6 is 23.5 Å². The van der Waals surface area contributed by atoms with Crippen molar-refractivity contribution in [3.63, 3.8) is 0 Å². The number of rotatable bonds is 31. The van der Waals surface area contributed by atoms with Crippen molar-refractivity contribution < 1.29 is 69.0 Å². The summed E-state index contributed by atoms with van der Waals surface area (Å²) in [5.74, 6) is -9.15. The smallest absolute Gasteiger partial charge is 0.309 e. The van der Waals surface area contributed by atoms with E-state index >= 15 is 0 Å². The van der Waals surface area contributed by atoms with Crippen LogP contribution in [0.15, 0.2) is 85.1 Å². The molecule has 0 aliphatic heterocycles. The van der Waals surface area contributed by atoms with E-state index in [9.17, 15) is 63.3 Å². The minimum absolute atomic E-state index is 0.0112. The fourth-order valence-corrected chi connectivity index (χ4v) is 8.43. The molecule has 0 aliphatic carbocycles. The number of carboxylic acids is 2. The number of carbonyl (C=O) groups excluding carboxylic acids is 8. The molecule has 7 atom stereocenters. The number of phenolic OH excluding ortho intramolecular Hbond substituents is 1. The lowest BCUT2D eigenvalue weighted by Crippen LogP contribution is -2.69. The van der Waals surface area contributed by atoms with Crippen LogP contribution in [0.2, 0.25) is 0 Å². The maximum Gasteiger partial charge on any atom is 0.309 e. The Morgan fingerprint density at radius 1 is 0.568 bits per heavy atom. The number of carboxylic acid groups (broad SMARTS) is 2. The largest absolute Gasteiger partial charge is 0.508 e. The van der Waals surface area contributed by atoms with Crippen molar-refractivity contribution in [3.8, 4) is 5.75 Å². The second kappa shape index (κ2) is 29.8. The van der Waals surface area contributed by atoms with Crippen molar-refractivity contribution >= 4 is 93.6 Å². The molecule has 3 aromatic carbocycles. The van der Waals surface area contributed by atoms with Gasteiger partial charge >= 0.3 is 11.9 Å². The molecule has 23 nitrogen and oxygen atoms in total. The van der Waals surface area contributed by atoms with Gasteiger partial charge in [0.1, 0.15) is 48.4 Å². The van der Waals surface area contributed by atoms with Gasteiger partial charge in [-0.15, -0.1) is 0 Å². The molecule has 1 aromatic heterocycles. The number of thioether (sulfide) groups is 2. The highest BCUT2D eigenvalue weighted by atomic mass is 32.2. The lowest BCUT2D eigenvalue weighted by Gasteiger charge is -2.26. The summed E-state index contributed by atoms with van der Waals surface area (Å²) in [5.41, 5.74) is 11.6. The number of aliphatic carboxylic acids is 2. The zero-order valence-electron chi connectivity index (χ0n) is 40.7. The highest BCUT2D eigenvalue weighted by molar-refractivity contribution is 7.98. The summed E-state index contributed by atoms with van der Waals surface area (Å²) in [7, 11) is 0. The summed E-state index contributed by atoms with van der Waals surface area (Å²) in [6.45, 7) is -0.701. The number of primary amides is 1. The molecule has 4 rings (SSSR count). The lowest BCUT2D eigenvalue weighted by atomic mass is 10.0. The molecule has 16 N–H and O–H groups in total. The third-order valence-electron chi connectivity index (χ3n) is 11.4. The first-order valence-electron chi connectivity index (χ1n) is 23.3. The Hall–Kier alpha value is -7.64. The molecule has 0 fully saturated rings. The van der Waals surface area contributed by atoms with Crippen molar-refractivity contribution in [2.45, 2.75) is 87.2 Å². The zero-order valence-corrected chi connectivity index (χ0v) is 42.4. The quantitative estimate of drug-likeness (QED) is 0.0272. The second-order valence-electron chi connectivity index (χ2n) is 17.1. The molecule has 8 amide bonds. The number of carbonyl (C=O) groups is 10. The van der Waals surface area contributed by atoms with Crippen LogP contribution in [0.4, 0.5) is 0 Å². The summed E-state index contributed by atoms with van der Waals surface area (Å²) >= 11 is 2.69. The second-order valence-corrected chi connectivity index (χ2v) is 19.1. The van der Waals surface area contributed by atoms with E-state index in [1.54, 1.807) is 73.3 Å². The van der Waals surface area contributed by atoms with Crippen molar-refractivity contribution in [1.82, 2.24) is 42.2 Å². The number of aromatic hydroxyl groups is 1. The third kappa shape index (κ3) is 19.4. The van der Waals surface area contributed by atoms with Crippen molar-refractivity contribution in [3.05, 3.63) is 102 Å². The lowest BCUT2D eigenvalue weighted by molar-refractivity contribution is -0.403. The average Bonchev–Trinajstić information content (AvgIpc) is 3.77. The number of hydrogen-bond donors (Lipinski definition) is 13. The molecule has 74 heavy (non-hydrogen) atoms. The number of benzene rings is 3. The number of nitrogens with two attached hydrogens (primary N) is 1. The first-order valence-corrected chi connectivity index (χ1v) is 26.1. The maximum absolute atomic E-state index is 14.3. The highest BCUT2D eigenvalue weighted by Crippen LogP contribution is 2.20. The predicted molar refractivity (Wildman–Crippen MR) is 275 cm³/mol. The summed E-state index contributed by atoms with van der Waals surface area (Å²) in [6, 6.07) is 11.9. The topological polar surface area (TPSA) is 385 Å². The van der Waals surface area contributed by atoms with Gasteiger partial charge in [0.15, 0.2) is 6.04 Å². The van der Waals surface area contributed by atoms with Crippen molar-refractivity contribution in [2.75, 3.05) is 30.6 Å². The monoisotopic (exact) mass is 1060 g/mol. The van der Waals surface area contributed by atoms with Crippen LogP contribution in [-0.4, -0.2) is 152 Å². The van der Waals surface area contributed by atoms with E-state index in [0.29, 0.717) is 33.6 Å². The van der Waals surface area contributed by atoms with Crippen LogP contribution in [0.25, 0.3) is 10.9 Å². The molecule has 0 unspecified atom stereocenters. The Kier molecular flexibility index (Phi) is 23.7. The van der Waals surface area contributed by atoms with E-state index in [0.717, 1.165) is 5.52 Å². The normalized spacial score (nSPS) is 13.8. The summed E-state index contributed by atoms with van der Waals surface area (Å²) in [6.07, 6.45) is 3.42. The first kappa shape index (κ1) is 58.9. The molecule has 0 radical (unpaired) electrons. The van der Waals surface area contributed by atoms with Gasteiger partial charge in [-0.05, 0) is 71.7 Å². The van der Waals surface area contributed by atoms with Gasteiger partial charge < -0.3 is 69.0 Å². The van der Waals surface area contributed by atoms with Gasteiger partial charge in [0.2, 0.25) is 41.4 Å². The van der Waals surface area contributed by atoms with Crippen molar-refractivity contribution in [2.24, 2.45) is 5.73 Å². The molecular weight excluding hydrogens is 1000 g/mol. The average molecular weight is 1060 g/mol. The fraction of sp³-hybridized carbons (Fsp3) is 0.388. The van der Waals surface area contributed by atoms with Gasteiger partial charge in [-0.1, -0.05) is 60.7 Å². The van der Waals surface area contributed by atoms with Gasteiger partial charge in [0.05, 0.1) is 13.0 Å². The minimum Gasteiger partial charge on any atom is -0.508 e. The van der Waals surface area contributed by atoms with Gasteiger partial charge in [-0.25, -0.2) is 0 Å². The minimum atomic E-state index is -1.71. The fourth-order valence-electron chi connectivity index (χ4n) is 7.49. The Balaban J connectivity index is 1.53. The number of aromatic nitrogens is 1. The van der Waals surface area contributed by atoms with Crippen LogP contribution in [-0.2, 0) is 67.2 Å². The number of para-hydroxylation sites is 1. The number of amides is 8. The molecule has 0 aliphatic rings. The molecule has 0 spiro atoms. The van der Waals surface area contributed by atoms with Crippen molar-refractivity contribution in [1.29, 1.82) is 0 Å². The van der Waals surface area contributed by atoms with Crippen LogP contribution in [0.1, 0.15) is 42.4 Å². The molecular formula is C49H63N10O13S2+. The van der Waals surface area contributed by atoms with E-state index in [1.165, 1.54) is 47.8 Å². The van der Waals surface area contributed by atoms with E-state index < -0.39 is 121 Å². The molecule has 25 heteroatoms. The number of fused-ring (bicyclic) bond motifs is 1. The Labute approximate surface area is 434 Å². The number of phenols is 1. The number of H-pyrrole nitrogens is 1. The summed E-state index contributed by atoms with van der Waals surface area (Å²) in [4.78, 5) is 135. The first-order chi connectivity index (χ1) is 35.3. The van der Waals surface area contributed by atoms with E-state index in [2.05, 4.69) is 47.9 Å². The Morgan fingerprint density at radius 2 is 1.05 bits per heavy atom. The maximum atomic E-state index is 14.3. The zero-order chi connectivity index (χ0) is 54.3. The predicted octanol–water partition coefficient (Wildman–Crippen LogP) is -1.52. The molecule has 398 valence electrons. The van der Waals surface area contributed by atoms with E-state index in [1.807, 2.05) is 0 Å². The molecule has 0 saturated heterocycles. The van der Waals surface area contributed by atoms with Gasteiger partial charge in [-0.3, -0.25) is 47.9 Å². The molecule has 0 saturated carbocycles. The van der Waals surface area contributed by atoms with Gasteiger partial charge in [-0.2, -0.15) is 23.5 Å².